The number of halogens is 1. The second-order valence-corrected chi connectivity index (χ2v) is 7.23. The lowest BCUT2D eigenvalue weighted by Crippen LogP contribution is -2.27. The number of methoxy groups -OCH3 is 1. The molecule has 2 amide bonds. The van der Waals surface area contributed by atoms with Gasteiger partial charge in [0.05, 0.1) is 18.6 Å². The largest absolute Gasteiger partial charge is 0.481 e. The molecule has 1 aliphatic rings. The molecule has 144 valence electrons. The van der Waals surface area contributed by atoms with Gasteiger partial charge in [0.1, 0.15) is 5.75 Å². The van der Waals surface area contributed by atoms with Crippen LogP contribution in [-0.4, -0.2) is 35.7 Å². The molecule has 1 fully saturated rings. The molecule has 0 spiro atoms. The molecular formula is C20H16ClNO5S. The fourth-order valence-electron chi connectivity index (χ4n) is 2.48. The summed E-state index contributed by atoms with van der Waals surface area (Å²) in [6.07, 6.45) is 1.58. The number of carbonyl (C=O) groups is 3. The van der Waals surface area contributed by atoms with E-state index in [2.05, 4.69) is 4.74 Å². The molecule has 0 unspecified atom stereocenters. The van der Waals surface area contributed by atoms with Crippen LogP contribution in [0.25, 0.3) is 6.08 Å². The first-order chi connectivity index (χ1) is 13.5. The number of imide groups is 1. The highest BCUT2D eigenvalue weighted by atomic mass is 35.5. The van der Waals surface area contributed by atoms with Crippen molar-refractivity contribution in [3.63, 3.8) is 0 Å². The first kappa shape index (κ1) is 20.0. The summed E-state index contributed by atoms with van der Waals surface area (Å²) in [5.74, 6) is -0.483. The van der Waals surface area contributed by atoms with Gasteiger partial charge in [-0.3, -0.25) is 14.5 Å². The molecule has 0 bridgehead atoms. The lowest BCUT2D eigenvalue weighted by molar-refractivity contribution is -0.142. The summed E-state index contributed by atoms with van der Waals surface area (Å²) < 4.78 is 10.0. The highest BCUT2D eigenvalue weighted by molar-refractivity contribution is 8.18. The fourth-order valence-corrected chi connectivity index (χ4v) is 3.43. The molecule has 6 nitrogen and oxygen atoms in total. The van der Waals surface area contributed by atoms with E-state index in [0.29, 0.717) is 16.3 Å². The molecule has 2 aromatic carbocycles. The fraction of sp³-hybridized carbons (Fsp3) is 0.150. The van der Waals surface area contributed by atoms with Gasteiger partial charge in [0.2, 0.25) is 0 Å². The molecule has 8 heteroatoms. The van der Waals surface area contributed by atoms with Gasteiger partial charge in [-0.15, -0.1) is 0 Å². The second kappa shape index (κ2) is 8.95. The molecule has 1 aliphatic heterocycles. The third-order valence-corrected chi connectivity index (χ3v) is 5.07. The van der Waals surface area contributed by atoms with Crippen molar-refractivity contribution in [3.8, 4) is 5.75 Å². The molecule has 1 saturated heterocycles. The van der Waals surface area contributed by atoms with Gasteiger partial charge in [-0.2, -0.15) is 0 Å². The number of hydrogen-bond donors (Lipinski definition) is 0. The van der Waals surface area contributed by atoms with Crippen molar-refractivity contribution in [2.75, 3.05) is 13.7 Å². The third kappa shape index (κ3) is 4.74. The molecule has 28 heavy (non-hydrogen) atoms. The van der Waals surface area contributed by atoms with E-state index >= 15 is 0 Å². The first-order valence-corrected chi connectivity index (χ1v) is 9.46. The van der Waals surface area contributed by atoms with E-state index in [1.54, 1.807) is 54.6 Å². The number of esters is 1. The van der Waals surface area contributed by atoms with Gasteiger partial charge in [-0.05, 0) is 41.6 Å². The molecule has 3 rings (SSSR count). The molecule has 0 saturated carbocycles. The zero-order valence-corrected chi connectivity index (χ0v) is 16.5. The maximum Gasteiger partial charge on any atom is 0.343 e. The standard InChI is InChI=1S/C20H16ClNO5S/c1-26-18(23)12-27-16-5-3-2-4-14(16)10-17-19(24)22(20(25)28-17)11-13-6-8-15(21)9-7-13/h2-10H,11-12H2,1H3/b17-10+. The SMILES string of the molecule is COC(=O)COc1ccccc1/C=C1/SC(=O)N(Cc2ccc(Cl)cc2)C1=O. The topological polar surface area (TPSA) is 72.9 Å². The molecule has 1 heterocycles. The summed E-state index contributed by atoms with van der Waals surface area (Å²) >= 11 is 6.73. The van der Waals surface area contributed by atoms with Crippen molar-refractivity contribution in [3.05, 3.63) is 69.6 Å². The number of para-hydroxylation sites is 1. The summed E-state index contributed by atoms with van der Waals surface area (Å²) in [6, 6.07) is 13.9. The van der Waals surface area contributed by atoms with Crippen LogP contribution in [0.3, 0.4) is 0 Å². The predicted molar refractivity (Wildman–Crippen MR) is 107 cm³/mol. The van der Waals surface area contributed by atoms with E-state index in [9.17, 15) is 14.4 Å². The van der Waals surface area contributed by atoms with Crippen molar-refractivity contribution in [1.82, 2.24) is 4.90 Å². The monoisotopic (exact) mass is 417 g/mol. The van der Waals surface area contributed by atoms with Crippen LogP contribution in [0.5, 0.6) is 5.75 Å². The van der Waals surface area contributed by atoms with Crippen molar-refractivity contribution in [1.29, 1.82) is 0 Å². The Bertz CT molecular complexity index is 942. The summed E-state index contributed by atoms with van der Waals surface area (Å²) in [4.78, 5) is 37.8. The van der Waals surface area contributed by atoms with Crippen LogP contribution < -0.4 is 4.74 Å². The average molecular weight is 418 g/mol. The summed E-state index contributed by atoms with van der Waals surface area (Å²) in [5.41, 5.74) is 1.39. The van der Waals surface area contributed by atoms with Crippen LogP contribution in [0.4, 0.5) is 4.79 Å². The Balaban J connectivity index is 1.78. The average Bonchev–Trinajstić information content (AvgIpc) is 2.96. The molecule has 0 radical (unpaired) electrons. The molecule has 2 aromatic rings. The highest BCUT2D eigenvalue weighted by Crippen LogP contribution is 2.35. The Labute approximate surface area is 171 Å². The van der Waals surface area contributed by atoms with Crippen molar-refractivity contribution >= 4 is 46.6 Å². The lowest BCUT2D eigenvalue weighted by Gasteiger charge is -2.12. The van der Waals surface area contributed by atoms with Crippen LogP contribution in [0.1, 0.15) is 11.1 Å². The van der Waals surface area contributed by atoms with Crippen LogP contribution in [0.2, 0.25) is 5.02 Å². The Morgan fingerprint density at radius 2 is 1.86 bits per heavy atom. The Morgan fingerprint density at radius 3 is 2.57 bits per heavy atom. The van der Waals surface area contributed by atoms with Crippen molar-refractivity contribution in [2.45, 2.75) is 6.54 Å². The number of amides is 2. The van der Waals surface area contributed by atoms with Crippen LogP contribution in [0, 0.1) is 0 Å². The maximum atomic E-state index is 12.7. The van der Waals surface area contributed by atoms with Gasteiger partial charge >= 0.3 is 5.97 Å². The van der Waals surface area contributed by atoms with Gasteiger partial charge in [0, 0.05) is 10.6 Å². The van der Waals surface area contributed by atoms with Gasteiger partial charge in [-0.1, -0.05) is 41.9 Å². The minimum atomic E-state index is -0.516. The predicted octanol–water partition coefficient (Wildman–Crippen LogP) is 4.13. The Kier molecular flexibility index (Phi) is 6.38. The molecule has 0 aliphatic carbocycles. The quantitative estimate of drug-likeness (QED) is 0.519. The third-order valence-electron chi connectivity index (χ3n) is 3.91. The normalized spacial score (nSPS) is 15.2. The Hall–Kier alpha value is -2.77. The minimum absolute atomic E-state index is 0.166. The van der Waals surface area contributed by atoms with E-state index in [4.69, 9.17) is 16.3 Å². The van der Waals surface area contributed by atoms with Crippen LogP contribution >= 0.6 is 23.4 Å². The molecule has 0 N–H and O–H groups in total. The van der Waals surface area contributed by atoms with Crippen molar-refractivity contribution in [2.24, 2.45) is 0 Å². The van der Waals surface area contributed by atoms with Crippen LogP contribution in [0.15, 0.2) is 53.4 Å². The van der Waals surface area contributed by atoms with Gasteiger partial charge in [-0.25, -0.2) is 4.79 Å². The van der Waals surface area contributed by atoms with Crippen molar-refractivity contribution < 1.29 is 23.9 Å². The van der Waals surface area contributed by atoms with Gasteiger partial charge < -0.3 is 9.47 Å². The number of nitrogens with zero attached hydrogens (tertiary/aromatic N) is 1. The Morgan fingerprint density at radius 1 is 1.14 bits per heavy atom. The summed E-state index contributed by atoms with van der Waals surface area (Å²) in [7, 11) is 1.27. The zero-order valence-electron chi connectivity index (χ0n) is 14.9. The van der Waals surface area contributed by atoms with E-state index in [-0.39, 0.29) is 29.2 Å². The van der Waals surface area contributed by atoms with Gasteiger partial charge in [0.25, 0.3) is 11.1 Å². The number of benzene rings is 2. The number of thioether (sulfide) groups is 1. The number of carbonyl (C=O) groups excluding carboxylic acids is 3. The van der Waals surface area contributed by atoms with E-state index < -0.39 is 5.97 Å². The smallest absolute Gasteiger partial charge is 0.343 e. The molecular weight excluding hydrogens is 402 g/mol. The van der Waals surface area contributed by atoms with E-state index in [1.165, 1.54) is 12.0 Å². The highest BCUT2D eigenvalue weighted by Gasteiger charge is 2.35. The van der Waals surface area contributed by atoms with Gasteiger partial charge in [0.15, 0.2) is 6.61 Å². The maximum absolute atomic E-state index is 12.7. The number of ether oxygens (including phenoxy) is 2. The van der Waals surface area contributed by atoms with Crippen LogP contribution in [-0.2, 0) is 20.9 Å². The number of rotatable bonds is 6. The minimum Gasteiger partial charge on any atom is -0.481 e. The summed E-state index contributed by atoms with van der Waals surface area (Å²) in [5, 5.41) is 0.237. The van der Waals surface area contributed by atoms with E-state index in [0.717, 1.165) is 17.3 Å². The molecule has 0 atom stereocenters. The zero-order chi connectivity index (χ0) is 20.1. The summed E-state index contributed by atoms with van der Waals surface area (Å²) in [6.45, 7) is -0.0843. The first-order valence-electron chi connectivity index (χ1n) is 8.26. The van der Waals surface area contributed by atoms with E-state index in [1.807, 2.05) is 0 Å². The molecule has 0 aromatic heterocycles. The lowest BCUT2D eigenvalue weighted by atomic mass is 10.1. The second-order valence-electron chi connectivity index (χ2n) is 5.80. The number of hydrogen-bond acceptors (Lipinski definition) is 6.